The number of hydrogen-bond acceptors (Lipinski definition) is 6. The Balaban J connectivity index is 0.000000270. The van der Waals surface area contributed by atoms with Gasteiger partial charge in [0.05, 0.1) is 5.69 Å². The number of nitrogens with two attached hydrogens (primary N) is 1. The average molecular weight is 456 g/mol. The van der Waals surface area contributed by atoms with Gasteiger partial charge in [-0.15, -0.1) is 0 Å². The molecule has 3 rings (SSSR count). The van der Waals surface area contributed by atoms with E-state index in [-0.39, 0.29) is 0 Å². The fourth-order valence-corrected chi connectivity index (χ4v) is 4.03. The third-order valence-electron chi connectivity index (χ3n) is 5.40. The number of allylic oxidation sites excluding steroid dienone is 1. The van der Waals surface area contributed by atoms with Gasteiger partial charge in [0.25, 0.3) is 0 Å². The highest BCUT2D eigenvalue weighted by molar-refractivity contribution is 6.34. The van der Waals surface area contributed by atoms with Crippen molar-refractivity contribution in [3.8, 4) is 5.75 Å². The second kappa shape index (κ2) is 14.3. The first-order chi connectivity index (χ1) is 16.3. The van der Waals surface area contributed by atoms with Crippen molar-refractivity contribution >= 4 is 39.6 Å². The number of nitrogens with one attached hydrogen (secondary N) is 1. The van der Waals surface area contributed by atoms with Crippen LogP contribution in [0.25, 0.3) is 0 Å². The monoisotopic (exact) mass is 456 g/mol. The van der Waals surface area contributed by atoms with Crippen LogP contribution in [0.15, 0.2) is 65.3 Å². The van der Waals surface area contributed by atoms with Crippen LogP contribution in [0, 0.1) is 11.8 Å². The Labute approximate surface area is 206 Å². The summed E-state index contributed by atoms with van der Waals surface area (Å²) in [6.07, 6.45) is 4.63. The lowest BCUT2D eigenvalue weighted by molar-refractivity contribution is -0.104. The van der Waals surface area contributed by atoms with E-state index in [1.165, 1.54) is 18.8 Å². The van der Waals surface area contributed by atoms with Gasteiger partial charge in [-0.2, -0.15) is 0 Å². The molecule has 6 nitrogen and oxygen atoms in total. The van der Waals surface area contributed by atoms with E-state index in [0.717, 1.165) is 54.2 Å². The minimum atomic E-state index is -0.796. The molecule has 8 heteroatoms. The van der Waals surface area contributed by atoms with Gasteiger partial charge in [0.15, 0.2) is 6.29 Å². The van der Waals surface area contributed by atoms with Crippen LogP contribution in [0.1, 0.15) is 25.8 Å². The number of nitrogens with zero attached hydrogens (tertiary/aromatic N) is 2. The molecule has 0 amide bonds. The predicted octanol–water partition coefficient (Wildman–Crippen LogP) is 3.64. The number of piperidine rings is 1. The molecule has 2 atom stereocenters. The summed E-state index contributed by atoms with van der Waals surface area (Å²) < 4.78 is 5.57. The molecule has 0 bridgehead atoms. The first-order valence-electron chi connectivity index (χ1n) is 11.5. The maximum absolute atomic E-state index is 10.3. The minimum Gasteiger partial charge on any atom is -0.509 e. The van der Waals surface area contributed by atoms with E-state index in [1.54, 1.807) is 0 Å². The minimum absolute atomic E-state index is 0.365. The van der Waals surface area contributed by atoms with Crippen LogP contribution in [-0.2, 0) is 11.3 Å². The Morgan fingerprint density at radius 3 is 2.44 bits per heavy atom. The number of para-hydroxylation sites is 1. The zero-order valence-electron chi connectivity index (χ0n) is 20.4. The Kier molecular flexibility index (Phi) is 11.5. The van der Waals surface area contributed by atoms with E-state index in [0.29, 0.717) is 11.9 Å². The summed E-state index contributed by atoms with van der Waals surface area (Å²) in [6, 6.07) is 15.4. The number of benzene rings is 2. The number of anilines is 1. The van der Waals surface area contributed by atoms with Crippen LogP contribution in [-0.4, -0.2) is 59.1 Å². The lowest BCUT2D eigenvalue weighted by atomic mass is 9.82. The predicted molar refractivity (Wildman–Crippen MR) is 143 cm³/mol. The van der Waals surface area contributed by atoms with Gasteiger partial charge in [0.2, 0.25) is 0 Å². The van der Waals surface area contributed by atoms with Crippen LogP contribution in [0.5, 0.6) is 5.75 Å². The zero-order valence-corrected chi connectivity index (χ0v) is 20.4. The van der Waals surface area contributed by atoms with Crippen molar-refractivity contribution in [2.75, 3.05) is 25.5 Å². The van der Waals surface area contributed by atoms with Gasteiger partial charge < -0.3 is 15.8 Å². The highest BCUT2D eigenvalue weighted by Gasteiger charge is 2.22. The molecule has 3 N–H and O–H groups in total. The molecule has 2 aromatic rings. The van der Waals surface area contributed by atoms with Gasteiger partial charge in [-0.3, -0.25) is 14.7 Å². The number of aldehydes is 1. The molecule has 0 aromatic heterocycles. The molecule has 1 heterocycles. The first kappa shape index (κ1) is 27.3. The molecule has 4 radical (unpaired) electrons. The molecule has 1 aliphatic rings. The van der Waals surface area contributed by atoms with Crippen LogP contribution < -0.4 is 15.8 Å². The molecular formula is C26H34B2N4O2. The summed E-state index contributed by atoms with van der Waals surface area (Å²) in [6.45, 7) is 7.78. The Morgan fingerprint density at radius 2 is 1.88 bits per heavy atom. The average Bonchev–Trinajstić information content (AvgIpc) is 2.81. The van der Waals surface area contributed by atoms with E-state index in [1.807, 2.05) is 43.4 Å². The van der Waals surface area contributed by atoms with Crippen molar-refractivity contribution in [2.45, 2.75) is 32.7 Å². The fraction of sp³-hybridized carbons (Fsp3) is 0.385. The fourth-order valence-electron chi connectivity index (χ4n) is 4.03. The molecule has 0 aliphatic carbocycles. The van der Waals surface area contributed by atoms with Gasteiger partial charge in [0, 0.05) is 67.9 Å². The molecule has 2 aromatic carbocycles. The van der Waals surface area contributed by atoms with Crippen molar-refractivity contribution in [2.24, 2.45) is 22.6 Å². The van der Waals surface area contributed by atoms with Crippen molar-refractivity contribution in [3.63, 3.8) is 0 Å². The molecule has 1 fully saturated rings. The molecule has 1 saturated heterocycles. The summed E-state index contributed by atoms with van der Waals surface area (Å²) in [5.41, 5.74) is 8.45. The Bertz CT molecular complexity index is 941. The van der Waals surface area contributed by atoms with Crippen LogP contribution in [0.2, 0.25) is 0 Å². The number of carbonyl (C=O) groups excluding carboxylic acids is 1. The van der Waals surface area contributed by atoms with E-state index in [9.17, 15) is 4.79 Å². The van der Waals surface area contributed by atoms with Crippen molar-refractivity contribution in [3.05, 3.63) is 65.9 Å². The van der Waals surface area contributed by atoms with E-state index in [4.69, 9.17) is 26.2 Å². The van der Waals surface area contributed by atoms with Crippen LogP contribution >= 0.6 is 0 Å². The summed E-state index contributed by atoms with van der Waals surface area (Å²) in [5.74, 6) is 1.45. The summed E-state index contributed by atoms with van der Waals surface area (Å²) in [7, 11) is 13.1. The third-order valence-corrected chi connectivity index (χ3v) is 5.40. The second-order valence-corrected chi connectivity index (χ2v) is 8.67. The lowest BCUT2D eigenvalue weighted by Gasteiger charge is -2.35. The molecule has 0 saturated carbocycles. The number of ether oxygens (including phenoxy) is 1. The topological polar surface area (TPSA) is 80.0 Å². The van der Waals surface area contributed by atoms with Gasteiger partial charge in [0.1, 0.15) is 21.4 Å². The van der Waals surface area contributed by atoms with E-state index >= 15 is 0 Å². The third kappa shape index (κ3) is 9.48. The van der Waals surface area contributed by atoms with Gasteiger partial charge in [-0.05, 0) is 36.5 Å². The quantitative estimate of drug-likeness (QED) is 0.275. The van der Waals surface area contributed by atoms with Crippen molar-refractivity contribution in [1.29, 1.82) is 0 Å². The number of aliphatic imine (C=N–C) groups is 1. The molecular weight excluding hydrogens is 422 g/mol. The summed E-state index contributed by atoms with van der Waals surface area (Å²) in [5, 5.41) is 3.11. The summed E-state index contributed by atoms with van der Waals surface area (Å²) in [4.78, 5) is 16.8. The van der Waals surface area contributed by atoms with Crippen molar-refractivity contribution < 1.29 is 9.53 Å². The number of rotatable bonds is 8. The number of likely N-dealkylation sites (tertiary alicyclic amines) is 1. The van der Waals surface area contributed by atoms with E-state index < -0.39 is 5.90 Å². The Morgan fingerprint density at radius 1 is 1.21 bits per heavy atom. The second-order valence-electron chi connectivity index (χ2n) is 8.67. The molecule has 0 spiro atoms. The largest absolute Gasteiger partial charge is 0.509 e. The van der Waals surface area contributed by atoms with Crippen LogP contribution in [0.3, 0.4) is 0 Å². The smallest absolute Gasteiger partial charge is 0.153 e. The maximum Gasteiger partial charge on any atom is 0.153 e. The highest BCUT2D eigenvalue weighted by atomic mass is 16.5. The lowest BCUT2D eigenvalue weighted by Crippen LogP contribution is -2.38. The van der Waals surface area contributed by atoms with Gasteiger partial charge in [-0.1, -0.05) is 38.1 Å². The molecule has 2 unspecified atom stereocenters. The van der Waals surface area contributed by atoms with Crippen LogP contribution in [0.4, 0.5) is 11.4 Å². The highest BCUT2D eigenvalue weighted by Crippen LogP contribution is 2.28. The maximum atomic E-state index is 10.3. The zero-order chi connectivity index (χ0) is 24.9. The SMILES string of the molecule is N/C=C(/C=O)C=Nc1ccccc1.[B]C([B])Oc1cc(NC)ccc1CN1CC(C)CC(C)C1. The number of carbonyl (C=O) groups is 1. The molecule has 34 heavy (non-hydrogen) atoms. The summed E-state index contributed by atoms with van der Waals surface area (Å²) >= 11 is 0. The molecule has 1 aliphatic heterocycles. The molecule has 176 valence electrons. The first-order valence-corrected chi connectivity index (χ1v) is 11.5. The normalized spacial score (nSPS) is 18.9. The van der Waals surface area contributed by atoms with E-state index in [2.05, 4.69) is 41.2 Å². The van der Waals surface area contributed by atoms with Gasteiger partial charge >= 0.3 is 0 Å². The standard InChI is InChI=1S/C16H24B2N2O.C10H10N2O/c1-11-6-12(2)9-20(8-11)10-13-4-5-14(19-3)7-15(13)21-16(17)18;11-6-9(8-13)7-12-10-4-2-1-3-5-10/h4-5,7,11-12,16,19H,6,8-10H2,1-3H3;1-8H,11H2/b;9-6+,12-7?. The Hall–Kier alpha value is -2.99. The number of hydrogen-bond donors (Lipinski definition) is 2. The van der Waals surface area contributed by atoms with Gasteiger partial charge in [-0.25, -0.2) is 0 Å². The van der Waals surface area contributed by atoms with Crippen molar-refractivity contribution in [1.82, 2.24) is 4.90 Å².